The number of carbonyl (C=O) groups is 1. The zero-order valence-corrected chi connectivity index (χ0v) is 10.2. The number of aliphatic hydroxyl groups is 1. The summed E-state index contributed by atoms with van der Waals surface area (Å²) in [5.41, 5.74) is 0.660. The highest BCUT2D eigenvalue weighted by molar-refractivity contribution is 7.09. The summed E-state index contributed by atoms with van der Waals surface area (Å²) in [5.74, 6) is -0.263. The van der Waals surface area contributed by atoms with Gasteiger partial charge in [-0.15, -0.1) is 11.3 Å². The molecule has 0 aliphatic carbocycles. The summed E-state index contributed by atoms with van der Waals surface area (Å²) in [6, 6.07) is -0.300. The Kier molecular flexibility index (Phi) is 5.37. The third kappa shape index (κ3) is 3.55. The number of aliphatic hydroxyl groups excluding tert-OH is 1. The number of hydrogen-bond acceptors (Lipinski definition) is 6. The van der Waals surface area contributed by atoms with Crippen LogP contribution in [0.25, 0.3) is 0 Å². The van der Waals surface area contributed by atoms with Gasteiger partial charge < -0.3 is 9.84 Å². The fourth-order valence-corrected chi connectivity index (χ4v) is 1.99. The molecule has 1 unspecified atom stereocenters. The number of nitrogens with one attached hydrogen (secondary N) is 1. The molecule has 0 fully saturated rings. The van der Waals surface area contributed by atoms with E-state index < -0.39 is 0 Å². The van der Waals surface area contributed by atoms with Crippen molar-refractivity contribution >= 4 is 17.3 Å². The molecule has 0 saturated heterocycles. The number of aromatic nitrogens is 1. The van der Waals surface area contributed by atoms with Gasteiger partial charge in [-0.3, -0.25) is 10.1 Å². The highest BCUT2D eigenvalue weighted by Crippen LogP contribution is 2.09. The minimum absolute atomic E-state index is 0.0509. The van der Waals surface area contributed by atoms with Crippen molar-refractivity contribution in [2.45, 2.75) is 32.5 Å². The molecule has 1 aromatic rings. The molecule has 0 bridgehead atoms. The predicted molar refractivity (Wildman–Crippen MR) is 61.0 cm³/mol. The first-order valence-corrected chi connectivity index (χ1v) is 5.94. The molecule has 90 valence electrons. The van der Waals surface area contributed by atoms with E-state index in [0.717, 1.165) is 5.01 Å². The second kappa shape index (κ2) is 6.57. The van der Waals surface area contributed by atoms with E-state index in [1.807, 2.05) is 6.92 Å². The van der Waals surface area contributed by atoms with Crippen LogP contribution < -0.4 is 5.32 Å². The maximum absolute atomic E-state index is 11.3. The van der Waals surface area contributed by atoms with Crippen molar-refractivity contribution in [3.05, 3.63) is 16.1 Å². The summed E-state index contributed by atoms with van der Waals surface area (Å²) in [6.07, 6.45) is 0.672. The van der Waals surface area contributed by atoms with Crippen molar-refractivity contribution in [3.63, 3.8) is 0 Å². The Morgan fingerprint density at radius 1 is 1.75 bits per heavy atom. The molecule has 0 aromatic carbocycles. The minimum Gasteiger partial charge on any atom is -0.468 e. The molecule has 1 atom stereocenters. The molecule has 0 aliphatic heterocycles. The van der Waals surface area contributed by atoms with Gasteiger partial charge in [-0.1, -0.05) is 6.92 Å². The number of ether oxygens (including phenoxy) is 1. The average molecular weight is 244 g/mol. The molecule has 1 heterocycles. The van der Waals surface area contributed by atoms with Crippen molar-refractivity contribution in [2.24, 2.45) is 0 Å². The predicted octanol–water partition coefficient (Wildman–Crippen LogP) is 0.677. The Morgan fingerprint density at radius 2 is 2.50 bits per heavy atom. The standard InChI is InChI=1S/C10H16N2O3S/c1-3-8(10(14)15-2)11-4-9-12-7(5-13)6-16-9/h6,8,11,13H,3-5H2,1-2H3. The van der Waals surface area contributed by atoms with Gasteiger partial charge in [0.05, 0.1) is 19.4 Å². The number of nitrogens with zero attached hydrogens (tertiary/aromatic N) is 1. The van der Waals surface area contributed by atoms with Gasteiger partial charge >= 0.3 is 5.97 Å². The van der Waals surface area contributed by atoms with Gasteiger partial charge in [0.25, 0.3) is 0 Å². The fraction of sp³-hybridized carbons (Fsp3) is 0.600. The highest BCUT2D eigenvalue weighted by Gasteiger charge is 2.16. The maximum atomic E-state index is 11.3. The molecule has 0 amide bonds. The van der Waals surface area contributed by atoms with Crippen LogP contribution in [0.2, 0.25) is 0 Å². The lowest BCUT2D eigenvalue weighted by atomic mass is 10.2. The maximum Gasteiger partial charge on any atom is 0.322 e. The van der Waals surface area contributed by atoms with E-state index in [1.54, 1.807) is 5.38 Å². The molecule has 16 heavy (non-hydrogen) atoms. The van der Waals surface area contributed by atoms with Crippen molar-refractivity contribution in [2.75, 3.05) is 7.11 Å². The van der Waals surface area contributed by atoms with Crippen molar-refractivity contribution in [1.82, 2.24) is 10.3 Å². The summed E-state index contributed by atoms with van der Waals surface area (Å²) in [6.45, 7) is 2.37. The molecule has 0 spiro atoms. The van der Waals surface area contributed by atoms with Crippen LogP contribution in [-0.4, -0.2) is 29.2 Å². The summed E-state index contributed by atoms with van der Waals surface area (Å²) >= 11 is 1.46. The molecule has 2 N–H and O–H groups in total. The van der Waals surface area contributed by atoms with E-state index in [4.69, 9.17) is 5.11 Å². The van der Waals surface area contributed by atoms with Gasteiger partial charge in [-0.05, 0) is 6.42 Å². The van der Waals surface area contributed by atoms with Gasteiger partial charge in [-0.2, -0.15) is 0 Å². The number of thiazole rings is 1. The summed E-state index contributed by atoms with van der Waals surface area (Å²) in [5, 5.41) is 14.6. The molecule has 6 heteroatoms. The number of esters is 1. The largest absolute Gasteiger partial charge is 0.468 e. The van der Waals surface area contributed by atoms with Crippen molar-refractivity contribution in [3.8, 4) is 0 Å². The lowest BCUT2D eigenvalue weighted by Crippen LogP contribution is -2.36. The van der Waals surface area contributed by atoms with Crippen molar-refractivity contribution < 1.29 is 14.6 Å². The lowest BCUT2D eigenvalue weighted by molar-refractivity contribution is -0.143. The van der Waals surface area contributed by atoms with Crippen LogP contribution in [0.5, 0.6) is 0 Å². The first kappa shape index (κ1) is 13.1. The van der Waals surface area contributed by atoms with Crippen LogP contribution in [-0.2, 0) is 22.7 Å². The molecule has 5 nitrogen and oxygen atoms in total. The van der Waals surface area contributed by atoms with Crippen molar-refractivity contribution in [1.29, 1.82) is 0 Å². The molecule has 1 aromatic heterocycles. The molecule has 0 saturated carbocycles. The van der Waals surface area contributed by atoms with Crippen LogP contribution in [0.4, 0.5) is 0 Å². The topological polar surface area (TPSA) is 71.5 Å². The number of methoxy groups -OCH3 is 1. The van der Waals surface area contributed by atoms with Gasteiger partial charge in [0.1, 0.15) is 11.0 Å². The SMILES string of the molecule is CCC(NCc1nc(CO)cs1)C(=O)OC. The van der Waals surface area contributed by atoms with Crippen LogP contribution in [0.1, 0.15) is 24.0 Å². The molecule has 0 aliphatic rings. The zero-order valence-electron chi connectivity index (χ0n) is 9.40. The van der Waals surface area contributed by atoms with Gasteiger partial charge in [0.15, 0.2) is 0 Å². The van der Waals surface area contributed by atoms with Gasteiger partial charge in [0.2, 0.25) is 0 Å². The van der Waals surface area contributed by atoms with E-state index in [1.165, 1.54) is 18.4 Å². The van der Waals surface area contributed by atoms with E-state index in [2.05, 4.69) is 15.0 Å². The smallest absolute Gasteiger partial charge is 0.322 e. The molecule has 1 rings (SSSR count). The normalized spacial score (nSPS) is 12.4. The zero-order chi connectivity index (χ0) is 12.0. The van der Waals surface area contributed by atoms with E-state index >= 15 is 0 Å². The molecular weight excluding hydrogens is 228 g/mol. The quantitative estimate of drug-likeness (QED) is 0.720. The Balaban J connectivity index is 2.46. The van der Waals surface area contributed by atoms with E-state index in [-0.39, 0.29) is 18.6 Å². The van der Waals surface area contributed by atoms with Gasteiger partial charge in [0, 0.05) is 11.9 Å². The Hall–Kier alpha value is -0.980. The average Bonchev–Trinajstić information content (AvgIpc) is 2.77. The lowest BCUT2D eigenvalue weighted by Gasteiger charge is -2.12. The van der Waals surface area contributed by atoms with Crippen LogP contribution in [0.15, 0.2) is 5.38 Å². The Labute approximate surface area is 98.5 Å². The molecular formula is C10H16N2O3S. The highest BCUT2D eigenvalue weighted by atomic mass is 32.1. The first-order chi connectivity index (χ1) is 7.71. The second-order valence-electron chi connectivity index (χ2n) is 3.26. The van der Waals surface area contributed by atoms with Crippen LogP contribution in [0, 0.1) is 0 Å². The monoisotopic (exact) mass is 244 g/mol. The summed E-state index contributed by atoms with van der Waals surface area (Å²) in [4.78, 5) is 15.5. The van der Waals surface area contributed by atoms with Crippen LogP contribution >= 0.6 is 11.3 Å². The third-order valence-electron chi connectivity index (χ3n) is 2.15. The number of hydrogen-bond donors (Lipinski definition) is 2. The summed E-state index contributed by atoms with van der Waals surface area (Å²) < 4.78 is 4.66. The van der Waals surface area contributed by atoms with E-state index in [9.17, 15) is 4.79 Å². The number of carbonyl (C=O) groups excluding carboxylic acids is 1. The van der Waals surface area contributed by atoms with Gasteiger partial charge in [-0.25, -0.2) is 4.98 Å². The van der Waals surface area contributed by atoms with Crippen LogP contribution in [0.3, 0.4) is 0 Å². The Bertz CT molecular complexity index is 341. The molecule has 0 radical (unpaired) electrons. The number of rotatable bonds is 6. The van der Waals surface area contributed by atoms with E-state index in [0.29, 0.717) is 18.7 Å². The minimum atomic E-state index is -0.300. The third-order valence-corrected chi connectivity index (χ3v) is 3.05. The fourth-order valence-electron chi connectivity index (χ4n) is 1.25. The second-order valence-corrected chi connectivity index (χ2v) is 4.20. The Morgan fingerprint density at radius 3 is 3.00 bits per heavy atom. The summed E-state index contributed by atoms with van der Waals surface area (Å²) in [7, 11) is 1.37. The first-order valence-electron chi connectivity index (χ1n) is 5.06.